The minimum atomic E-state index is -0.352. The van der Waals surface area contributed by atoms with Crippen LogP contribution in [0.15, 0.2) is 0 Å². The highest BCUT2D eigenvalue weighted by Crippen LogP contribution is 2.09. The van der Waals surface area contributed by atoms with Crippen LogP contribution < -0.4 is 10.6 Å². The average Bonchev–Trinajstić information content (AvgIpc) is 2.84. The summed E-state index contributed by atoms with van der Waals surface area (Å²) in [7, 11) is 3.37. The highest BCUT2D eigenvalue weighted by atomic mass is 16.5. The molecule has 1 aliphatic rings. The molecular formula is C12H24N2O4. The van der Waals surface area contributed by atoms with Crippen molar-refractivity contribution in [2.45, 2.75) is 31.4 Å². The minimum Gasteiger partial charge on any atom is -0.448 e. The van der Waals surface area contributed by atoms with Crippen LogP contribution in [0.5, 0.6) is 0 Å². The minimum absolute atomic E-state index is 0.203. The zero-order valence-corrected chi connectivity index (χ0v) is 11.2. The number of ether oxygens (including phenoxy) is 3. The maximum absolute atomic E-state index is 11.4. The number of carbonyl (C=O) groups excluding carboxylic acids is 1. The molecule has 0 bridgehead atoms. The van der Waals surface area contributed by atoms with Crippen LogP contribution in [0, 0.1) is 0 Å². The van der Waals surface area contributed by atoms with E-state index >= 15 is 0 Å². The molecule has 0 aromatic carbocycles. The summed E-state index contributed by atoms with van der Waals surface area (Å²) in [4.78, 5) is 11.4. The summed E-state index contributed by atoms with van der Waals surface area (Å²) in [6.07, 6.45) is 2.61. The van der Waals surface area contributed by atoms with Gasteiger partial charge in [-0.05, 0) is 19.3 Å². The van der Waals surface area contributed by atoms with Crippen molar-refractivity contribution in [3.8, 4) is 0 Å². The van der Waals surface area contributed by atoms with Crippen molar-refractivity contribution in [1.29, 1.82) is 0 Å². The van der Waals surface area contributed by atoms with Gasteiger partial charge in [0.05, 0.1) is 6.10 Å². The van der Waals surface area contributed by atoms with Gasteiger partial charge in [0.1, 0.15) is 6.61 Å². The summed E-state index contributed by atoms with van der Waals surface area (Å²) in [5, 5.41) is 5.97. The Hall–Kier alpha value is -0.850. The Morgan fingerprint density at radius 1 is 1.39 bits per heavy atom. The monoisotopic (exact) mass is 260 g/mol. The van der Waals surface area contributed by atoms with Gasteiger partial charge in [-0.1, -0.05) is 0 Å². The molecule has 1 aliphatic heterocycles. The van der Waals surface area contributed by atoms with E-state index in [0.717, 1.165) is 32.4 Å². The van der Waals surface area contributed by atoms with Crippen LogP contribution in [0.3, 0.4) is 0 Å². The second kappa shape index (κ2) is 9.13. The Balaban J connectivity index is 1.97. The number of alkyl carbamates (subject to hydrolysis) is 1. The molecule has 2 unspecified atom stereocenters. The fourth-order valence-corrected chi connectivity index (χ4v) is 1.88. The van der Waals surface area contributed by atoms with E-state index in [2.05, 4.69) is 10.6 Å². The number of hydrogen-bond acceptors (Lipinski definition) is 5. The third-order valence-corrected chi connectivity index (χ3v) is 2.98. The lowest BCUT2D eigenvalue weighted by Crippen LogP contribution is -2.32. The van der Waals surface area contributed by atoms with E-state index in [1.165, 1.54) is 0 Å². The van der Waals surface area contributed by atoms with E-state index in [4.69, 9.17) is 14.2 Å². The Bertz CT molecular complexity index is 238. The summed E-state index contributed by atoms with van der Waals surface area (Å²) < 4.78 is 15.3. The first kappa shape index (κ1) is 15.2. The van der Waals surface area contributed by atoms with E-state index in [1.807, 2.05) is 0 Å². The molecule has 6 nitrogen and oxygen atoms in total. The maximum atomic E-state index is 11.4. The summed E-state index contributed by atoms with van der Waals surface area (Å²) in [5.41, 5.74) is 0. The third-order valence-electron chi connectivity index (χ3n) is 2.98. The van der Waals surface area contributed by atoms with Crippen LogP contribution in [0.1, 0.15) is 19.3 Å². The predicted molar refractivity (Wildman–Crippen MR) is 67.7 cm³/mol. The second-order valence-electron chi connectivity index (χ2n) is 4.42. The van der Waals surface area contributed by atoms with Gasteiger partial charge in [-0.2, -0.15) is 0 Å². The smallest absolute Gasteiger partial charge is 0.407 e. The SMILES string of the molecule is COCCCCNC(=O)OCC1CC(OC)CN1. The number of rotatable bonds is 8. The van der Waals surface area contributed by atoms with Crippen LogP contribution in [0.25, 0.3) is 0 Å². The van der Waals surface area contributed by atoms with Crippen molar-refractivity contribution in [1.82, 2.24) is 10.6 Å². The van der Waals surface area contributed by atoms with Crippen molar-refractivity contribution < 1.29 is 19.0 Å². The molecule has 0 spiro atoms. The largest absolute Gasteiger partial charge is 0.448 e. The van der Waals surface area contributed by atoms with E-state index in [0.29, 0.717) is 13.2 Å². The molecule has 6 heteroatoms. The predicted octanol–water partition coefficient (Wildman–Crippen LogP) is 0.516. The molecule has 106 valence electrons. The Morgan fingerprint density at radius 3 is 2.89 bits per heavy atom. The van der Waals surface area contributed by atoms with E-state index in [1.54, 1.807) is 14.2 Å². The van der Waals surface area contributed by atoms with E-state index in [9.17, 15) is 4.79 Å². The van der Waals surface area contributed by atoms with Gasteiger partial charge >= 0.3 is 6.09 Å². The lowest BCUT2D eigenvalue weighted by molar-refractivity contribution is 0.108. The Morgan fingerprint density at radius 2 is 2.22 bits per heavy atom. The van der Waals surface area contributed by atoms with Crippen LogP contribution >= 0.6 is 0 Å². The van der Waals surface area contributed by atoms with Gasteiger partial charge in [-0.3, -0.25) is 0 Å². The number of amides is 1. The first-order valence-electron chi connectivity index (χ1n) is 6.42. The zero-order valence-electron chi connectivity index (χ0n) is 11.2. The molecule has 0 aliphatic carbocycles. The number of hydrogen-bond donors (Lipinski definition) is 2. The fourth-order valence-electron chi connectivity index (χ4n) is 1.88. The molecule has 1 saturated heterocycles. The van der Waals surface area contributed by atoms with Crippen LogP contribution in [0.4, 0.5) is 4.79 Å². The standard InChI is InChI=1S/C12H24N2O4/c1-16-6-4-3-5-13-12(15)18-9-10-7-11(17-2)8-14-10/h10-11,14H,3-9H2,1-2H3,(H,13,15). The second-order valence-corrected chi connectivity index (χ2v) is 4.42. The van der Waals surface area contributed by atoms with Crippen molar-refractivity contribution >= 4 is 6.09 Å². The van der Waals surface area contributed by atoms with Crippen molar-refractivity contribution in [2.75, 3.05) is 40.5 Å². The molecule has 1 heterocycles. The van der Waals surface area contributed by atoms with Gasteiger partial charge in [-0.25, -0.2) is 4.79 Å². The van der Waals surface area contributed by atoms with Crippen LogP contribution in [-0.4, -0.2) is 58.8 Å². The van der Waals surface area contributed by atoms with Gasteiger partial charge in [0, 0.05) is 40.0 Å². The van der Waals surface area contributed by atoms with Gasteiger partial charge in [0.25, 0.3) is 0 Å². The number of carbonyl (C=O) groups is 1. The summed E-state index contributed by atoms with van der Waals surface area (Å²) >= 11 is 0. The lowest BCUT2D eigenvalue weighted by atomic mass is 10.2. The molecule has 0 radical (unpaired) electrons. The molecule has 2 atom stereocenters. The first-order valence-corrected chi connectivity index (χ1v) is 6.42. The normalized spacial score (nSPS) is 23.0. The maximum Gasteiger partial charge on any atom is 0.407 e. The lowest BCUT2D eigenvalue weighted by Gasteiger charge is -2.11. The van der Waals surface area contributed by atoms with Gasteiger partial charge in [0.15, 0.2) is 0 Å². The summed E-state index contributed by atoms with van der Waals surface area (Å²) in [6, 6.07) is 0.203. The van der Waals surface area contributed by atoms with Crippen molar-refractivity contribution in [3.63, 3.8) is 0 Å². The molecule has 1 fully saturated rings. The van der Waals surface area contributed by atoms with Crippen LogP contribution in [-0.2, 0) is 14.2 Å². The number of nitrogens with one attached hydrogen (secondary N) is 2. The fraction of sp³-hybridized carbons (Fsp3) is 0.917. The molecular weight excluding hydrogens is 236 g/mol. The highest BCUT2D eigenvalue weighted by Gasteiger charge is 2.24. The average molecular weight is 260 g/mol. The van der Waals surface area contributed by atoms with Gasteiger partial charge in [0.2, 0.25) is 0 Å². The molecule has 0 aromatic rings. The van der Waals surface area contributed by atoms with Gasteiger partial charge in [-0.15, -0.1) is 0 Å². The quantitative estimate of drug-likeness (QED) is 0.623. The molecule has 0 aromatic heterocycles. The molecule has 0 saturated carbocycles. The summed E-state index contributed by atoms with van der Waals surface area (Å²) in [6.45, 7) is 2.56. The zero-order chi connectivity index (χ0) is 13.2. The topological polar surface area (TPSA) is 68.8 Å². The van der Waals surface area contributed by atoms with E-state index < -0.39 is 0 Å². The van der Waals surface area contributed by atoms with Crippen molar-refractivity contribution in [2.24, 2.45) is 0 Å². The first-order chi connectivity index (χ1) is 8.76. The van der Waals surface area contributed by atoms with Crippen LogP contribution in [0.2, 0.25) is 0 Å². The Labute approximate surface area is 108 Å². The summed E-state index contributed by atoms with van der Waals surface area (Å²) in [5.74, 6) is 0. The van der Waals surface area contributed by atoms with Gasteiger partial charge < -0.3 is 24.8 Å². The molecule has 18 heavy (non-hydrogen) atoms. The molecule has 1 rings (SSSR count). The molecule has 1 amide bonds. The molecule has 2 N–H and O–H groups in total. The number of methoxy groups -OCH3 is 2. The van der Waals surface area contributed by atoms with Crippen molar-refractivity contribution in [3.05, 3.63) is 0 Å². The van der Waals surface area contributed by atoms with E-state index in [-0.39, 0.29) is 18.2 Å². The highest BCUT2D eigenvalue weighted by molar-refractivity contribution is 5.67. The number of unbranched alkanes of at least 4 members (excludes halogenated alkanes) is 1. The Kier molecular flexibility index (Phi) is 7.71. The third kappa shape index (κ3) is 6.18.